The van der Waals surface area contributed by atoms with Gasteiger partial charge in [0, 0.05) is 5.02 Å². The van der Waals surface area contributed by atoms with Gasteiger partial charge in [-0.05, 0) is 12.1 Å². The van der Waals surface area contributed by atoms with E-state index in [1.54, 1.807) is 0 Å². The van der Waals surface area contributed by atoms with E-state index in [0.717, 1.165) is 12.1 Å². The molecule has 0 bridgehead atoms. The Bertz CT molecular complexity index is 246. The molecule has 0 heterocycles. The molecule has 0 aliphatic rings. The molecule has 0 aromatic heterocycles. The van der Waals surface area contributed by atoms with Crippen molar-refractivity contribution in [1.29, 1.82) is 0 Å². The largest absolute Gasteiger partial charge is 1.00 e. The average Bonchev–Trinajstić information content (AvgIpc) is 1.86. The number of hydrogen-bond acceptors (Lipinski definition) is 0. The Hall–Kier alpha value is -0.0377. The molecule has 0 radical (unpaired) electrons. The molecular formula is C6H4BClF3Li. The van der Waals surface area contributed by atoms with Crippen LogP contribution in [0.3, 0.4) is 0 Å². The maximum absolute atomic E-state index is 11.9. The number of hydrogen-bond donors (Lipinski definition) is 0. The molecule has 1 rings (SSSR count). The zero-order valence-electron chi connectivity index (χ0n) is 6.40. The molecule has 0 saturated carbocycles. The predicted octanol–water partition coefficient (Wildman–Crippen LogP) is -0.602. The zero-order chi connectivity index (χ0) is 8.48. The molecule has 0 aliphatic heterocycles. The fraction of sp³-hybridized carbons (Fsp3) is 0. The van der Waals surface area contributed by atoms with Gasteiger partial charge in [0.15, 0.2) is 0 Å². The van der Waals surface area contributed by atoms with Gasteiger partial charge < -0.3 is 12.9 Å². The summed E-state index contributed by atoms with van der Waals surface area (Å²) in [4.78, 5) is 0. The molecule has 12 heavy (non-hydrogen) atoms. The van der Waals surface area contributed by atoms with Gasteiger partial charge in [-0.2, -0.15) is 0 Å². The summed E-state index contributed by atoms with van der Waals surface area (Å²) in [5.74, 6) is 0. The van der Waals surface area contributed by atoms with E-state index in [1.807, 2.05) is 0 Å². The van der Waals surface area contributed by atoms with E-state index in [4.69, 9.17) is 11.6 Å². The van der Waals surface area contributed by atoms with Gasteiger partial charge in [-0.15, -0.1) is 5.46 Å². The first-order valence-electron chi connectivity index (χ1n) is 2.95. The van der Waals surface area contributed by atoms with Gasteiger partial charge in [-0.25, -0.2) is 0 Å². The molecule has 0 saturated heterocycles. The van der Waals surface area contributed by atoms with Crippen LogP contribution in [-0.4, -0.2) is 6.98 Å². The summed E-state index contributed by atoms with van der Waals surface area (Å²) in [7, 11) is 0. The van der Waals surface area contributed by atoms with Crippen LogP contribution in [0.15, 0.2) is 24.3 Å². The summed E-state index contributed by atoms with van der Waals surface area (Å²) < 4.78 is 35.8. The molecule has 60 valence electrons. The van der Waals surface area contributed by atoms with Crippen LogP contribution >= 0.6 is 11.6 Å². The van der Waals surface area contributed by atoms with Crippen molar-refractivity contribution in [2.75, 3.05) is 0 Å². The summed E-state index contributed by atoms with van der Waals surface area (Å²) in [6.45, 7) is -4.88. The van der Waals surface area contributed by atoms with Crippen molar-refractivity contribution < 1.29 is 31.8 Å². The van der Waals surface area contributed by atoms with E-state index >= 15 is 0 Å². The van der Waals surface area contributed by atoms with Gasteiger partial charge in [-0.1, -0.05) is 23.7 Å². The standard InChI is InChI=1S/C6H4BClF3.Li/c8-6-3-1-5(2-4-6)7(9,10)11;/h1-4H;/q-1;+1. The minimum Gasteiger partial charge on any atom is -0.445 e. The number of rotatable bonds is 1. The number of benzene rings is 1. The monoisotopic (exact) mass is 186 g/mol. The van der Waals surface area contributed by atoms with Crippen molar-refractivity contribution in [3.8, 4) is 0 Å². The zero-order valence-corrected chi connectivity index (χ0v) is 7.15. The van der Waals surface area contributed by atoms with E-state index in [-0.39, 0.29) is 18.9 Å². The van der Waals surface area contributed by atoms with Crippen molar-refractivity contribution >= 4 is 24.0 Å². The second-order valence-corrected chi connectivity index (χ2v) is 2.56. The Kier molecular flexibility index (Phi) is 4.26. The van der Waals surface area contributed by atoms with Gasteiger partial charge in [0.05, 0.1) is 0 Å². The van der Waals surface area contributed by atoms with Crippen LogP contribution in [0.5, 0.6) is 0 Å². The van der Waals surface area contributed by atoms with Crippen LogP contribution in [-0.2, 0) is 0 Å². The van der Waals surface area contributed by atoms with E-state index in [1.165, 1.54) is 12.1 Å². The summed E-state index contributed by atoms with van der Waals surface area (Å²) in [5.41, 5.74) is -0.616. The summed E-state index contributed by atoms with van der Waals surface area (Å²) >= 11 is 5.40. The van der Waals surface area contributed by atoms with Crippen molar-refractivity contribution in [2.45, 2.75) is 0 Å². The van der Waals surface area contributed by atoms with Gasteiger partial charge in [-0.3, -0.25) is 0 Å². The Morgan fingerprint density at radius 3 is 1.75 bits per heavy atom. The minimum atomic E-state index is -4.88. The van der Waals surface area contributed by atoms with Crippen molar-refractivity contribution in [3.05, 3.63) is 29.3 Å². The quantitative estimate of drug-likeness (QED) is 0.514. The smallest absolute Gasteiger partial charge is 0.445 e. The molecule has 0 fully saturated rings. The first-order valence-corrected chi connectivity index (χ1v) is 3.33. The van der Waals surface area contributed by atoms with Gasteiger partial charge in [0.25, 0.3) is 0 Å². The van der Waals surface area contributed by atoms with Crippen LogP contribution in [0.4, 0.5) is 12.9 Å². The molecule has 0 nitrogen and oxygen atoms in total. The predicted molar refractivity (Wildman–Crippen MR) is 40.2 cm³/mol. The molecule has 0 aliphatic carbocycles. The molecule has 0 N–H and O–H groups in total. The Morgan fingerprint density at radius 1 is 1.00 bits per heavy atom. The average molecular weight is 186 g/mol. The Morgan fingerprint density at radius 2 is 1.42 bits per heavy atom. The van der Waals surface area contributed by atoms with Gasteiger partial charge >= 0.3 is 25.8 Å². The first kappa shape index (κ1) is 12.0. The van der Waals surface area contributed by atoms with Crippen molar-refractivity contribution in [2.24, 2.45) is 0 Å². The first-order chi connectivity index (χ1) is 5.00. The maximum atomic E-state index is 11.9. The summed E-state index contributed by atoms with van der Waals surface area (Å²) in [5, 5.41) is 0.314. The Balaban J connectivity index is 0.00000121. The molecular weight excluding hydrogens is 182 g/mol. The molecule has 0 spiro atoms. The second kappa shape index (κ2) is 4.27. The van der Waals surface area contributed by atoms with E-state index in [9.17, 15) is 12.9 Å². The molecule has 0 atom stereocenters. The fourth-order valence-corrected chi connectivity index (χ4v) is 0.807. The van der Waals surface area contributed by atoms with Crippen LogP contribution < -0.4 is 24.3 Å². The molecule has 1 aromatic rings. The van der Waals surface area contributed by atoms with Crippen LogP contribution in [0.25, 0.3) is 0 Å². The third kappa shape index (κ3) is 3.14. The molecule has 1 aromatic carbocycles. The second-order valence-electron chi connectivity index (χ2n) is 2.13. The van der Waals surface area contributed by atoms with Crippen LogP contribution in [0.1, 0.15) is 0 Å². The topological polar surface area (TPSA) is 0 Å². The van der Waals surface area contributed by atoms with Gasteiger partial charge in [0.1, 0.15) is 0 Å². The van der Waals surface area contributed by atoms with Crippen molar-refractivity contribution in [1.82, 2.24) is 0 Å². The van der Waals surface area contributed by atoms with Crippen molar-refractivity contribution in [3.63, 3.8) is 0 Å². The maximum Gasteiger partial charge on any atom is 1.00 e. The Labute approximate surface area is 85.3 Å². The van der Waals surface area contributed by atoms with E-state index < -0.39 is 12.4 Å². The van der Waals surface area contributed by atoms with E-state index in [2.05, 4.69) is 0 Å². The SMILES string of the molecule is F[B-](F)(F)c1ccc(Cl)cc1.[Li+]. The van der Waals surface area contributed by atoms with Crippen LogP contribution in [0, 0.1) is 0 Å². The third-order valence-electron chi connectivity index (χ3n) is 1.25. The van der Waals surface area contributed by atoms with Crippen LogP contribution in [0.2, 0.25) is 5.02 Å². The minimum absolute atomic E-state index is 0. The normalized spacial score (nSPS) is 10.7. The number of halogens is 4. The molecule has 6 heteroatoms. The molecule has 0 unspecified atom stereocenters. The van der Waals surface area contributed by atoms with E-state index in [0.29, 0.717) is 5.02 Å². The summed E-state index contributed by atoms with van der Waals surface area (Å²) in [6.07, 6.45) is 0. The summed E-state index contributed by atoms with van der Waals surface area (Å²) in [6, 6.07) is 4.41. The third-order valence-corrected chi connectivity index (χ3v) is 1.50. The fourth-order valence-electron chi connectivity index (χ4n) is 0.681. The molecule has 0 amide bonds. The van der Waals surface area contributed by atoms with Gasteiger partial charge in [0.2, 0.25) is 0 Å².